The molecule has 2 fully saturated rings. The smallest absolute Gasteiger partial charge is 0.410 e. The average Bonchev–Trinajstić information content (AvgIpc) is 3.16. The molecule has 1 atom stereocenters. The van der Waals surface area contributed by atoms with Crippen molar-refractivity contribution in [1.29, 1.82) is 0 Å². The highest BCUT2D eigenvalue weighted by Crippen LogP contribution is 2.29. The third-order valence-corrected chi connectivity index (χ3v) is 5.18. The average molecular weight is 389 g/mol. The van der Waals surface area contributed by atoms with E-state index < -0.39 is 17.7 Å². The molecule has 2 amide bonds. The van der Waals surface area contributed by atoms with Gasteiger partial charge in [0.25, 0.3) is 0 Å². The summed E-state index contributed by atoms with van der Waals surface area (Å²) in [6, 6.07) is 7.52. The maximum Gasteiger partial charge on any atom is 0.410 e. The van der Waals surface area contributed by atoms with E-state index in [1.54, 1.807) is 12.0 Å². The van der Waals surface area contributed by atoms with Gasteiger partial charge in [-0.25, -0.2) is 4.79 Å². The van der Waals surface area contributed by atoms with E-state index in [2.05, 4.69) is 4.90 Å². The van der Waals surface area contributed by atoms with Crippen molar-refractivity contribution in [3.8, 4) is 5.75 Å². The minimum absolute atomic E-state index is 0.0306. The summed E-state index contributed by atoms with van der Waals surface area (Å²) in [4.78, 5) is 31.3. The second-order valence-corrected chi connectivity index (χ2v) is 8.32. The van der Waals surface area contributed by atoms with Crippen molar-refractivity contribution in [3.63, 3.8) is 0 Å². The molecule has 28 heavy (non-hydrogen) atoms. The first-order valence-electron chi connectivity index (χ1n) is 9.96. The summed E-state index contributed by atoms with van der Waals surface area (Å²) in [7, 11) is 1.67. The molecule has 2 heterocycles. The first-order valence-corrected chi connectivity index (χ1v) is 9.96. The largest absolute Gasteiger partial charge is 0.495 e. The van der Waals surface area contributed by atoms with Gasteiger partial charge in [-0.05, 0) is 45.7 Å². The van der Waals surface area contributed by atoms with Gasteiger partial charge in [-0.15, -0.1) is 0 Å². The van der Waals surface area contributed by atoms with Gasteiger partial charge in [0.1, 0.15) is 17.4 Å². The van der Waals surface area contributed by atoms with E-state index in [4.69, 9.17) is 9.47 Å². The number of amides is 2. The van der Waals surface area contributed by atoms with Crippen LogP contribution in [0.25, 0.3) is 0 Å². The molecule has 154 valence electrons. The van der Waals surface area contributed by atoms with Gasteiger partial charge >= 0.3 is 6.09 Å². The normalized spacial score (nSPS) is 20.3. The number of piperazine rings is 1. The molecular weight excluding hydrogens is 358 g/mol. The summed E-state index contributed by atoms with van der Waals surface area (Å²) in [5.74, 6) is 0.872. The molecule has 0 radical (unpaired) electrons. The van der Waals surface area contributed by atoms with Gasteiger partial charge in [-0.2, -0.15) is 0 Å². The number of hydrogen-bond donors (Lipinski definition) is 0. The molecule has 2 aliphatic heterocycles. The van der Waals surface area contributed by atoms with Crippen molar-refractivity contribution in [2.45, 2.75) is 45.3 Å². The van der Waals surface area contributed by atoms with E-state index in [0.717, 1.165) is 30.9 Å². The van der Waals surface area contributed by atoms with Crippen LogP contribution in [0.5, 0.6) is 5.75 Å². The van der Waals surface area contributed by atoms with E-state index in [1.165, 1.54) is 0 Å². The number of hydrogen-bond acceptors (Lipinski definition) is 5. The van der Waals surface area contributed by atoms with E-state index in [1.807, 2.05) is 49.9 Å². The molecular formula is C21H31N3O4. The third kappa shape index (κ3) is 4.51. The number of methoxy groups -OCH3 is 1. The van der Waals surface area contributed by atoms with Gasteiger partial charge in [-0.3, -0.25) is 9.69 Å². The van der Waals surface area contributed by atoms with Crippen molar-refractivity contribution >= 4 is 17.7 Å². The molecule has 0 saturated carbocycles. The Morgan fingerprint density at radius 2 is 1.71 bits per heavy atom. The Bertz CT molecular complexity index is 708. The van der Waals surface area contributed by atoms with Crippen molar-refractivity contribution in [1.82, 2.24) is 9.80 Å². The number of carbonyl (C=O) groups excluding carboxylic acids is 2. The molecule has 0 aromatic heterocycles. The number of likely N-dealkylation sites (tertiary alicyclic amines) is 1. The molecule has 0 aliphatic carbocycles. The fourth-order valence-electron chi connectivity index (χ4n) is 3.83. The highest BCUT2D eigenvalue weighted by atomic mass is 16.6. The minimum atomic E-state index is -0.562. The zero-order valence-electron chi connectivity index (χ0n) is 17.3. The summed E-state index contributed by atoms with van der Waals surface area (Å²) in [6.07, 6.45) is 1.14. The van der Waals surface area contributed by atoms with Gasteiger partial charge in [-0.1, -0.05) is 12.1 Å². The monoisotopic (exact) mass is 389 g/mol. The van der Waals surface area contributed by atoms with Crippen molar-refractivity contribution in [2.24, 2.45) is 0 Å². The Hall–Kier alpha value is -2.44. The van der Waals surface area contributed by atoms with Gasteiger partial charge in [0.2, 0.25) is 5.91 Å². The molecule has 2 saturated heterocycles. The van der Waals surface area contributed by atoms with Crippen LogP contribution in [-0.4, -0.2) is 73.3 Å². The highest BCUT2D eigenvalue weighted by molar-refractivity contribution is 5.86. The lowest BCUT2D eigenvalue weighted by Crippen LogP contribution is -2.55. The molecule has 7 heteroatoms. The lowest BCUT2D eigenvalue weighted by molar-refractivity contribution is -0.136. The molecule has 1 aromatic rings. The Kier molecular flexibility index (Phi) is 6.01. The first kappa shape index (κ1) is 20.3. The Morgan fingerprint density at radius 1 is 1.04 bits per heavy atom. The van der Waals surface area contributed by atoms with Crippen LogP contribution in [0.3, 0.4) is 0 Å². The van der Waals surface area contributed by atoms with Crippen LogP contribution in [0.15, 0.2) is 24.3 Å². The second-order valence-electron chi connectivity index (χ2n) is 8.32. The number of rotatable bonds is 3. The molecule has 7 nitrogen and oxygen atoms in total. The molecule has 0 spiro atoms. The molecule has 0 N–H and O–H groups in total. The Labute approximate surface area is 167 Å². The lowest BCUT2D eigenvalue weighted by atomic mass is 10.1. The fourth-order valence-corrected chi connectivity index (χ4v) is 3.83. The Morgan fingerprint density at radius 3 is 2.36 bits per heavy atom. The predicted molar refractivity (Wildman–Crippen MR) is 108 cm³/mol. The predicted octanol–water partition coefficient (Wildman–Crippen LogP) is 2.74. The number of carbonyl (C=O) groups is 2. The van der Waals surface area contributed by atoms with E-state index in [-0.39, 0.29) is 5.91 Å². The van der Waals surface area contributed by atoms with E-state index in [0.29, 0.717) is 26.1 Å². The first-order chi connectivity index (χ1) is 13.3. The summed E-state index contributed by atoms with van der Waals surface area (Å²) in [5, 5.41) is 0. The minimum Gasteiger partial charge on any atom is -0.495 e. The van der Waals surface area contributed by atoms with Crippen LogP contribution < -0.4 is 9.64 Å². The van der Waals surface area contributed by atoms with E-state index in [9.17, 15) is 9.59 Å². The maximum absolute atomic E-state index is 13.1. The van der Waals surface area contributed by atoms with Crippen molar-refractivity contribution in [3.05, 3.63) is 24.3 Å². The van der Waals surface area contributed by atoms with Gasteiger partial charge < -0.3 is 19.3 Å². The molecule has 0 bridgehead atoms. The number of para-hydroxylation sites is 2. The van der Waals surface area contributed by atoms with Crippen LogP contribution in [-0.2, 0) is 9.53 Å². The number of nitrogens with zero attached hydrogens (tertiary/aromatic N) is 3. The van der Waals surface area contributed by atoms with Crippen molar-refractivity contribution in [2.75, 3.05) is 44.7 Å². The molecule has 3 rings (SSSR count). The standard InChI is InChI=1S/C21H31N3O4/c1-21(2,3)28-20(26)24-11-7-9-17(24)19(25)23-14-12-22(13-15-23)16-8-5-6-10-18(16)27-4/h5-6,8,10,17H,7,9,11-15H2,1-4H3/t17-/m1/s1. The van der Waals surface area contributed by atoms with Gasteiger partial charge in [0.05, 0.1) is 12.8 Å². The van der Waals surface area contributed by atoms with Crippen LogP contribution in [0.4, 0.5) is 10.5 Å². The maximum atomic E-state index is 13.1. The highest BCUT2D eigenvalue weighted by Gasteiger charge is 2.39. The van der Waals surface area contributed by atoms with Crippen LogP contribution in [0, 0.1) is 0 Å². The number of benzene rings is 1. The lowest BCUT2D eigenvalue weighted by Gasteiger charge is -2.38. The number of ether oxygens (including phenoxy) is 2. The Balaban J connectivity index is 1.61. The molecule has 2 aliphatic rings. The van der Waals surface area contributed by atoms with Crippen LogP contribution in [0.2, 0.25) is 0 Å². The third-order valence-electron chi connectivity index (χ3n) is 5.18. The summed E-state index contributed by atoms with van der Waals surface area (Å²) < 4.78 is 10.9. The SMILES string of the molecule is COc1ccccc1N1CCN(C(=O)[C@H]2CCCN2C(=O)OC(C)(C)C)CC1. The van der Waals surface area contributed by atoms with Gasteiger partial charge in [0.15, 0.2) is 0 Å². The van der Waals surface area contributed by atoms with Gasteiger partial charge in [0, 0.05) is 32.7 Å². The zero-order valence-corrected chi connectivity index (χ0v) is 17.3. The van der Waals surface area contributed by atoms with Crippen LogP contribution >= 0.6 is 0 Å². The topological polar surface area (TPSA) is 62.3 Å². The summed E-state index contributed by atoms with van der Waals surface area (Å²) in [5.41, 5.74) is 0.488. The molecule has 0 unspecified atom stereocenters. The fraction of sp³-hybridized carbons (Fsp3) is 0.619. The zero-order chi connectivity index (χ0) is 20.3. The summed E-state index contributed by atoms with van der Waals surface area (Å²) in [6.45, 7) is 8.85. The molecule has 1 aromatic carbocycles. The quantitative estimate of drug-likeness (QED) is 0.795. The van der Waals surface area contributed by atoms with E-state index >= 15 is 0 Å². The summed E-state index contributed by atoms with van der Waals surface area (Å²) >= 11 is 0. The number of anilines is 1. The van der Waals surface area contributed by atoms with Crippen molar-refractivity contribution < 1.29 is 19.1 Å². The van der Waals surface area contributed by atoms with Crippen LogP contribution in [0.1, 0.15) is 33.6 Å². The second kappa shape index (κ2) is 8.29.